The summed E-state index contributed by atoms with van der Waals surface area (Å²) in [6.45, 7) is 0. The van der Waals surface area contributed by atoms with E-state index < -0.39 is 0 Å². The van der Waals surface area contributed by atoms with Crippen molar-refractivity contribution in [1.82, 2.24) is 9.13 Å². The van der Waals surface area contributed by atoms with Crippen LogP contribution in [-0.4, -0.2) is 9.13 Å². The molecule has 2 heterocycles. The van der Waals surface area contributed by atoms with Crippen LogP contribution in [0.15, 0.2) is 255 Å². The van der Waals surface area contributed by atoms with Gasteiger partial charge in [0.1, 0.15) is 0 Å². The standard InChI is InChI=1S/C64H42N2/c1-4-18-43(19-5-1)44-32-34-45(35-33-44)46-36-39-50(40-37-46)66-60-31-17-15-29-57(60)62(64(66)48-38-41-55-53-26-11-10-24-51(53)52-25-12-13-27-54(52)58(55)42-48)61-56-28-14-16-30-59(56)65(49-22-8-3-9-23-49)63(61)47-20-6-2-7-21-47/h1-42H. The lowest BCUT2D eigenvalue weighted by Crippen LogP contribution is -1.99. The van der Waals surface area contributed by atoms with Gasteiger partial charge in [0.2, 0.25) is 0 Å². The van der Waals surface area contributed by atoms with Gasteiger partial charge >= 0.3 is 0 Å². The molecule has 11 aromatic carbocycles. The number of fused-ring (bicyclic) bond motifs is 8. The van der Waals surface area contributed by atoms with Gasteiger partial charge in [-0.2, -0.15) is 0 Å². The number of para-hydroxylation sites is 3. The first-order chi connectivity index (χ1) is 32.8. The van der Waals surface area contributed by atoms with Crippen LogP contribution >= 0.6 is 0 Å². The van der Waals surface area contributed by atoms with Crippen molar-refractivity contribution in [3.05, 3.63) is 255 Å². The first-order valence-electron chi connectivity index (χ1n) is 22.8. The van der Waals surface area contributed by atoms with Crippen LogP contribution in [0.3, 0.4) is 0 Å². The fourth-order valence-electron chi connectivity index (χ4n) is 10.6. The van der Waals surface area contributed by atoms with E-state index in [1.807, 2.05) is 0 Å². The van der Waals surface area contributed by atoms with Crippen LogP contribution in [0.4, 0.5) is 0 Å². The minimum atomic E-state index is 1.11. The zero-order chi connectivity index (χ0) is 43.6. The maximum absolute atomic E-state index is 2.51. The average molecular weight is 839 g/mol. The van der Waals surface area contributed by atoms with Crippen molar-refractivity contribution in [3.8, 4) is 67.3 Å². The normalized spacial score (nSPS) is 11.6. The molecule has 0 bridgehead atoms. The molecule has 0 amide bonds. The van der Waals surface area contributed by atoms with Gasteiger partial charge in [0.15, 0.2) is 0 Å². The summed E-state index contributed by atoms with van der Waals surface area (Å²) in [5, 5.41) is 9.97. The number of hydrogen-bond acceptors (Lipinski definition) is 0. The van der Waals surface area contributed by atoms with Gasteiger partial charge in [0.25, 0.3) is 0 Å². The summed E-state index contributed by atoms with van der Waals surface area (Å²) in [7, 11) is 0. The Morgan fingerprint density at radius 1 is 0.197 bits per heavy atom. The van der Waals surface area contributed by atoms with E-state index in [4.69, 9.17) is 0 Å². The Balaban J connectivity index is 1.12. The molecular weight excluding hydrogens is 797 g/mol. The number of benzene rings is 11. The van der Waals surface area contributed by atoms with Crippen LogP contribution in [0.25, 0.3) is 121 Å². The predicted octanol–water partition coefficient (Wildman–Crippen LogP) is 17.4. The Bertz CT molecular complexity index is 3900. The van der Waals surface area contributed by atoms with Crippen molar-refractivity contribution < 1.29 is 0 Å². The second-order valence-electron chi connectivity index (χ2n) is 17.2. The summed E-state index contributed by atoms with van der Waals surface area (Å²) in [5.74, 6) is 0. The molecule has 308 valence electrons. The van der Waals surface area contributed by atoms with Gasteiger partial charge in [-0.25, -0.2) is 0 Å². The minimum Gasteiger partial charge on any atom is -0.309 e. The molecule has 13 rings (SSSR count). The van der Waals surface area contributed by atoms with Crippen LogP contribution in [0.5, 0.6) is 0 Å². The van der Waals surface area contributed by atoms with Crippen LogP contribution in [-0.2, 0) is 0 Å². The zero-order valence-electron chi connectivity index (χ0n) is 36.1. The van der Waals surface area contributed by atoms with E-state index in [0.29, 0.717) is 0 Å². The fraction of sp³-hybridized carbons (Fsp3) is 0. The number of aromatic nitrogens is 2. The third-order valence-electron chi connectivity index (χ3n) is 13.5. The maximum Gasteiger partial charge on any atom is 0.0620 e. The zero-order valence-corrected chi connectivity index (χ0v) is 36.1. The van der Waals surface area contributed by atoms with Crippen LogP contribution in [0.2, 0.25) is 0 Å². The summed E-state index contributed by atoms with van der Waals surface area (Å²) in [6, 6.07) is 93.3. The fourth-order valence-corrected chi connectivity index (χ4v) is 10.6. The van der Waals surface area contributed by atoms with E-state index in [0.717, 1.165) is 33.7 Å². The molecule has 66 heavy (non-hydrogen) atoms. The van der Waals surface area contributed by atoms with E-state index in [9.17, 15) is 0 Å². The van der Waals surface area contributed by atoms with Crippen molar-refractivity contribution in [1.29, 1.82) is 0 Å². The molecule has 0 aliphatic rings. The van der Waals surface area contributed by atoms with Crippen molar-refractivity contribution in [2.45, 2.75) is 0 Å². The molecule has 0 saturated carbocycles. The Morgan fingerprint density at radius 3 is 1.02 bits per heavy atom. The molecule has 2 heteroatoms. The topological polar surface area (TPSA) is 9.86 Å². The number of nitrogens with zero attached hydrogens (tertiary/aromatic N) is 2. The first-order valence-corrected chi connectivity index (χ1v) is 22.8. The van der Waals surface area contributed by atoms with Gasteiger partial charge in [0, 0.05) is 33.3 Å². The lowest BCUT2D eigenvalue weighted by Gasteiger charge is -2.17. The average Bonchev–Trinajstić information content (AvgIpc) is 3.93. The van der Waals surface area contributed by atoms with Crippen LogP contribution < -0.4 is 0 Å². The molecule has 0 unspecified atom stereocenters. The molecule has 0 N–H and O–H groups in total. The summed E-state index contributed by atoms with van der Waals surface area (Å²) in [4.78, 5) is 0. The van der Waals surface area contributed by atoms with E-state index in [1.165, 1.54) is 87.7 Å². The molecule has 13 aromatic rings. The van der Waals surface area contributed by atoms with E-state index in [-0.39, 0.29) is 0 Å². The lowest BCUT2D eigenvalue weighted by molar-refractivity contribution is 1.13. The SMILES string of the molecule is c1ccc(-c2ccc(-c3ccc(-n4c(-c5ccc6c7ccccc7c7ccccc7c6c5)c(-c5c(-c6ccccc6)n(-c6ccccc6)c6ccccc56)c5ccccc54)cc3)cc2)cc1. The van der Waals surface area contributed by atoms with Gasteiger partial charge < -0.3 is 9.13 Å². The Kier molecular flexibility index (Phi) is 8.89. The highest BCUT2D eigenvalue weighted by atomic mass is 15.0. The van der Waals surface area contributed by atoms with Gasteiger partial charge in [-0.15, -0.1) is 0 Å². The number of hydrogen-bond donors (Lipinski definition) is 0. The molecule has 0 saturated heterocycles. The van der Waals surface area contributed by atoms with Crippen molar-refractivity contribution in [2.24, 2.45) is 0 Å². The molecule has 2 nitrogen and oxygen atoms in total. The Labute approximate surface area is 383 Å². The second-order valence-corrected chi connectivity index (χ2v) is 17.2. The van der Waals surface area contributed by atoms with E-state index in [1.54, 1.807) is 0 Å². The van der Waals surface area contributed by atoms with Crippen molar-refractivity contribution >= 4 is 54.1 Å². The monoisotopic (exact) mass is 838 g/mol. The Morgan fingerprint density at radius 2 is 0.515 bits per heavy atom. The minimum absolute atomic E-state index is 1.11. The van der Waals surface area contributed by atoms with Gasteiger partial charge in [-0.3, -0.25) is 0 Å². The third kappa shape index (κ3) is 6.04. The first kappa shape index (κ1) is 37.8. The smallest absolute Gasteiger partial charge is 0.0620 e. The molecule has 2 aromatic heterocycles. The summed E-state index contributed by atoms with van der Waals surface area (Å²) in [6.07, 6.45) is 0. The summed E-state index contributed by atoms with van der Waals surface area (Å²) < 4.78 is 4.98. The summed E-state index contributed by atoms with van der Waals surface area (Å²) in [5.41, 5.74) is 16.4. The number of rotatable bonds is 7. The van der Waals surface area contributed by atoms with Crippen molar-refractivity contribution in [2.75, 3.05) is 0 Å². The maximum atomic E-state index is 2.51. The molecule has 0 aliphatic carbocycles. The highest BCUT2D eigenvalue weighted by Gasteiger charge is 2.29. The predicted molar refractivity (Wildman–Crippen MR) is 280 cm³/mol. The van der Waals surface area contributed by atoms with Crippen LogP contribution in [0.1, 0.15) is 0 Å². The van der Waals surface area contributed by atoms with Gasteiger partial charge in [-0.05, 0) is 108 Å². The largest absolute Gasteiger partial charge is 0.309 e. The van der Waals surface area contributed by atoms with Crippen molar-refractivity contribution in [3.63, 3.8) is 0 Å². The van der Waals surface area contributed by atoms with E-state index >= 15 is 0 Å². The van der Waals surface area contributed by atoms with Gasteiger partial charge in [0.05, 0.1) is 22.4 Å². The molecule has 0 aliphatic heterocycles. The summed E-state index contributed by atoms with van der Waals surface area (Å²) >= 11 is 0. The molecule has 0 spiro atoms. The quantitative estimate of drug-likeness (QED) is 0.142. The van der Waals surface area contributed by atoms with Gasteiger partial charge in [-0.1, -0.05) is 212 Å². The molecule has 0 radical (unpaired) electrons. The molecule has 0 fully saturated rings. The Hall–Kier alpha value is -8.72. The second kappa shape index (κ2) is 15.5. The van der Waals surface area contributed by atoms with Crippen LogP contribution in [0, 0.1) is 0 Å². The van der Waals surface area contributed by atoms with E-state index in [2.05, 4.69) is 264 Å². The highest BCUT2D eigenvalue weighted by molar-refractivity contribution is 6.26. The highest BCUT2D eigenvalue weighted by Crippen LogP contribution is 2.51. The third-order valence-corrected chi connectivity index (χ3v) is 13.5. The molecular formula is C64H42N2. The molecule has 0 atom stereocenters. The lowest BCUT2D eigenvalue weighted by atomic mass is 9.90.